The molecule has 0 aliphatic rings. The molecule has 88 valence electrons. The summed E-state index contributed by atoms with van der Waals surface area (Å²) in [6, 6.07) is 0.910. The molecule has 2 heterocycles. The van der Waals surface area contributed by atoms with Crippen LogP contribution >= 0.6 is 11.8 Å². The van der Waals surface area contributed by atoms with Crippen LogP contribution in [-0.2, 0) is 0 Å². The van der Waals surface area contributed by atoms with Gasteiger partial charge >= 0.3 is 5.97 Å². The molecule has 0 radical (unpaired) electrons. The van der Waals surface area contributed by atoms with Gasteiger partial charge < -0.3 is 9.52 Å². The van der Waals surface area contributed by atoms with Crippen LogP contribution in [0.4, 0.5) is 4.39 Å². The minimum absolute atomic E-state index is 0.140. The van der Waals surface area contributed by atoms with Crippen molar-refractivity contribution in [2.24, 2.45) is 0 Å². The van der Waals surface area contributed by atoms with E-state index < -0.39 is 11.8 Å². The standard InChI is InChI=1S/C10H7FN2O3S/c1-5-4-16-10(13-5)17-8-7(9(14)15)2-6(11)3-12-8/h2-4H,1H3,(H,14,15). The second-order valence-corrected chi connectivity index (χ2v) is 4.11. The van der Waals surface area contributed by atoms with E-state index in [1.807, 2.05) is 0 Å². The normalized spacial score (nSPS) is 10.5. The van der Waals surface area contributed by atoms with Gasteiger partial charge in [0.15, 0.2) is 0 Å². The van der Waals surface area contributed by atoms with Gasteiger partial charge in [0.05, 0.1) is 17.5 Å². The molecule has 7 heteroatoms. The Kier molecular flexibility index (Phi) is 3.10. The van der Waals surface area contributed by atoms with E-state index in [0.29, 0.717) is 5.69 Å². The summed E-state index contributed by atoms with van der Waals surface area (Å²) < 4.78 is 17.9. The van der Waals surface area contributed by atoms with Crippen LogP contribution < -0.4 is 0 Å². The number of halogens is 1. The molecule has 17 heavy (non-hydrogen) atoms. The number of aromatic nitrogens is 2. The highest BCUT2D eigenvalue weighted by molar-refractivity contribution is 7.99. The molecule has 2 aromatic rings. The Bertz CT molecular complexity index is 570. The first kappa shape index (κ1) is 11.6. The fraction of sp³-hybridized carbons (Fsp3) is 0.100. The van der Waals surface area contributed by atoms with E-state index in [9.17, 15) is 9.18 Å². The van der Waals surface area contributed by atoms with Crippen molar-refractivity contribution < 1.29 is 18.7 Å². The van der Waals surface area contributed by atoms with Gasteiger partial charge in [0.2, 0.25) is 0 Å². The highest BCUT2D eigenvalue weighted by Crippen LogP contribution is 2.28. The molecule has 0 spiro atoms. The summed E-state index contributed by atoms with van der Waals surface area (Å²) in [7, 11) is 0. The van der Waals surface area contributed by atoms with Gasteiger partial charge in [-0.3, -0.25) is 0 Å². The van der Waals surface area contributed by atoms with Crippen molar-refractivity contribution in [2.45, 2.75) is 17.2 Å². The maximum Gasteiger partial charge on any atom is 0.338 e. The summed E-state index contributed by atoms with van der Waals surface area (Å²) >= 11 is 0.936. The van der Waals surface area contributed by atoms with E-state index >= 15 is 0 Å². The average molecular weight is 254 g/mol. The summed E-state index contributed by atoms with van der Waals surface area (Å²) in [6.45, 7) is 1.74. The molecule has 0 fully saturated rings. The zero-order chi connectivity index (χ0) is 12.4. The van der Waals surface area contributed by atoms with Gasteiger partial charge in [-0.1, -0.05) is 0 Å². The largest absolute Gasteiger partial charge is 0.478 e. The van der Waals surface area contributed by atoms with Crippen LogP contribution in [0.3, 0.4) is 0 Å². The SMILES string of the molecule is Cc1coc(Sc2ncc(F)cc2C(=O)O)n1. The molecule has 0 bridgehead atoms. The lowest BCUT2D eigenvalue weighted by atomic mass is 10.3. The fourth-order valence-electron chi connectivity index (χ4n) is 1.12. The summed E-state index contributed by atoms with van der Waals surface area (Å²) in [5.74, 6) is -1.95. The van der Waals surface area contributed by atoms with Crippen molar-refractivity contribution in [1.82, 2.24) is 9.97 Å². The monoisotopic (exact) mass is 254 g/mol. The molecule has 0 saturated heterocycles. The van der Waals surface area contributed by atoms with Crippen LogP contribution in [0, 0.1) is 12.7 Å². The zero-order valence-electron chi connectivity index (χ0n) is 8.68. The molecule has 0 amide bonds. The van der Waals surface area contributed by atoms with Crippen LogP contribution in [0.1, 0.15) is 16.1 Å². The summed E-state index contributed by atoms with van der Waals surface area (Å²) in [5, 5.41) is 9.31. The number of nitrogens with zero attached hydrogens (tertiary/aromatic N) is 2. The maximum absolute atomic E-state index is 12.9. The Morgan fingerprint density at radius 3 is 2.94 bits per heavy atom. The van der Waals surface area contributed by atoms with Crippen LogP contribution in [0.15, 0.2) is 33.2 Å². The second kappa shape index (κ2) is 4.54. The number of aromatic carboxylic acids is 1. The maximum atomic E-state index is 12.9. The molecule has 0 aliphatic carbocycles. The first-order valence-corrected chi connectivity index (χ1v) is 5.37. The van der Waals surface area contributed by atoms with Crippen molar-refractivity contribution >= 4 is 17.7 Å². The smallest absolute Gasteiger partial charge is 0.338 e. The first-order chi connectivity index (χ1) is 8.06. The van der Waals surface area contributed by atoms with E-state index in [0.717, 1.165) is 24.0 Å². The molecule has 0 aromatic carbocycles. The van der Waals surface area contributed by atoms with Crippen LogP contribution in [0.25, 0.3) is 0 Å². The van der Waals surface area contributed by atoms with Crippen molar-refractivity contribution in [3.63, 3.8) is 0 Å². The Balaban J connectivity index is 2.35. The number of carboxylic acid groups (broad SMARTS) is 1. The van der Waals surface area contributed by atoms with Gasteiger partial charge in [0.1, 0.15) is 17.1 Å². The molecule has 0 saturated carbocycles. The molecule has 2 aromatic heterocycles. The minimum atomic E-state index is -1.25. The van der Waals surface area contributed by atoms with Crippen molar-refractivity contribution in [3.05, 3.63) is 35.6 Å². The zero-order valence-corrected chi connectivity index (χ0v) is 9.49. The Labute approximate surface area is 99.7 Å². The number of rotatable bonds is 3. The van der Waals surface area contributed by atoms with Crippen LogP contribution in [-0.4, -0.2) is 21.0 Å². The van der Waals surface area contributed by atoms with Gasteiger partial charge in [-0.15, -0.1) is 0 Å². The quantitative estimate of drug-likeness (QED) is 0.906. The molecule has 5 nitrogen and oxygen atoms in total. The van der Waals surface area contributed by atoms with E-state index in [1.54, 1.807) is 6.92 Å². The molecule has 0 aliphatic heterocycles. The second-order valence-electron chi connectivity index (χ2n) is 3.17. The fourth-order valence-corrected chi connectivity index (χ4v) is 1.94. The van der Waals surface area contributed by atoms with Gasteiger partial charge in [-0.05, 0) is 24.8 Å². The van der Waals surface area contributed by atoms with Crippen molar-refractivity contribution in [2.75, 3.05) is 0 Å². The van der Waals surface area contributed by atoms with Crippen molar-refractivity contribution in [3.8, 4) is 0 Å². The van der Waals surface area contributed by atoms with Crippen molar-refractivity contribution in [1.29, 1.82) is 0 Å². The first-order valence-electron chi connectivity index (χ1n) is 4.55. The Morgan fingerprint density at radius 2 is 2.35 bits per heavy atom. The van der Waals surface area contributed by atoms with Gasteiger partial charge in [0, 0.05) is 0 Å². The molecule has 2 rings (SSSR count). The molecule has 1 N–H and O–H groups in total. The molecule has 0 atom stereocenters. The highest BCUT2D eigenvalue weighted by Gasteiger charge is 2.16. The van der Waals surface area contributed by atoms with E-state index in [2.05, 4.69) is 9.97 Å². The molecular weight excluding hydrogens is 247 g/mol. The highest BCUT2D eigenvalue weighted by atomic mass is 32.2. The van der Waals surface area contributed by atoms with Gasteiger partial charge in [0.25, 0.3) is 5.22 Å². The third-order valence-electron chi connectivity index (χ3n) is 1.83. The number of carbonyl (C=O) groups is 1. The van der Waals surface area contributed by atoms with E-state index in [1.165, 1.54) is 6.26 Å². The minimum Gasteiger partial charge on any atom is -0.478 e. The topological polar surface area (TPSA) is 76.2 Å². The predicted octanol–water partition coefficient (Wildman–Crippen LogP) is 2.37. The lowest BCUT2D eigenvalue weighted by molar-refractivity contribution is 0.0691. The Hall–Kier alpha value is -1.89. The molecule has 0 unspecified atom stereocenters. The summed E-state index contributed by atoms with van der Waals surface area (Å²) in [6.07, 6.45) is 2.39. The van der Waals surface area contributed by atoms with Crippen LogP contribution in [0.2, 0.25) is 0 Å². The molecular formula is C10H7FN2O3S. The van der Waals surface area contributed by atoms with Gasteiger partial charge in [-0.25, -0.2) is 19.2 Å². The number of pyridine rings is 1. The third kappa shape index (κ3) is 2.62. The summed E-state index contributed by atoms with van der Waals surface area (Å²) in [4.78, 5) is 18.6. The Morgan fingerprint density at radius 1 is 1.59 bits per heavy atom. The lowest BCUT2D eigenvalue weighted by Gasteiger charge is -2.01. The third-order valence-corrected chi connectivity index (χ3v) is 2.71. The number of oxazole rings is 1. The number of aryl methyl sites for hydroxylation is 1. The van der Waals surface area contributed by atoms with Crippen LogP contribution in [0.5, 0.6) is 0 Å². The summed E-state index contributed by atoms with van der Waals surface area (Å²) in [5.41, 5.74) is 0.456. The average Bonchev–Trinajstić information content (AvgIpc) is 2.66. The number of hydrogen-bond donors (Lipinski definition) is 1. The van der Waals surface area contributed by atoms with E-state index in [-0.39, 0.29) is 15.8 Å². The lowest BCUT2D eigenvalue weighted by Crippen LogP contribution is -2.01. The van der Waals surface area contributed by atoms with E-state index in [4.69, 9.17) is 9.52 Å². The number of hydrogen-bond acceptors (Lipinski definition) is 5. The number of carboxylic acids is 1. The predicted molar refractivity (Wildman–Crippen MR) is 56.5 cm³/mol. The van der Waals surface area contributed by atoms with Gasteiger partial charge in [-0.2, -0.15) is 0 Å².